The highest BCUT2D eigenvalue weighted by molar-refractivity contribution is 6.25. The van der Waals surface area contributed by atoms with Gasteiger partial charge < -0.3 is 14.2 Å². The molecule has 0 radical (unpaired) electrons. The average molecular weight is 357 g/mol. The molecular formula is C20H33ClO3. The Morgan fingerprint density at radius 2 is 1.42 bits per heavy atom. The van der Waals surface area contributed by atoms with Crippen molar-refractivity contribution in [2.75, 3.05) is 26.9 Å². The Morgan fingerprint density at radius 1 is 0.875 bits per heavy atom. The third-order valence-electron chi connectivity index (χ3n) is 6.42. The second-order valence-corrected chi connectivity index (χ2v) is 8.28. The van der Waals surface area contributed by atoms with Crippen LogP contribution in [0, 0.1) is 29.6 Å². The van der Waals surface area contributed by atoms with Gasteiger partial charge in [0.1, 0.15) is 0 Å². The Hall–Kier alpha value is -0.0900. The molecule has 1 heterocycles. The second-order valence-electron chi connectivity index (χ2n) is 8.02. The van der Waals surface area contributed by atoms with Gasteiger partial charge in [0.05, 0.1) is 19.8 Å². The van der Waals surface area contributed by atoms with Crippen LogP contribution in [0.1, 0.15) is 51.4 Å². The second kappa shape index (κ2) is 9.56. The topological polar surface area (TPSA) is 27.7 Å². The van der Waals surface area contributed by atoms with Crippen LogP contribution >= 0.6 is 11.6 Å². The van der Waals surface area contributed by atoms with Gasteiger partial charge in [0, 0.05) is 24.5 Å². The minimum atomic E-state index is 0.0312. The lowest BCUT2D eigenvalue weighted by molar-refractivity contribution is -0.234. The lowest BCUT2D eigenvalue weighted by atomic mass is 9.69. The molecular weight excluding hydrogens is 324 g/mol. The fraction of sp³-hybridized carbons (Fsp3) is 0.900. The lowest BCUT2D eigenvalue weighted by Crippen LogP contribution is -2.40. The van der Waals surface area contributed by atoms with Gasteiger partial charge in [-0.05, 0) is 69.1 Å². The highest BCUT2D eigenvalue weighted by atomic mass is 35.5. The van der Waals surface area contributed by atoms with E-state index in [-0.39, 0.29) is 6.29 Å². The number of halogens is 1. The van der Waals surface area contributed by atoms with Crippen molar-refractivity contribution in [2.45, 2.75) is 57.7 Å². The number of ether oxygens (including phenoxy) is 3. The van der Waals surface area contributed by atoms with Crippen molar-refractivity contribution in [2.24, 2.45) is 29.6 Å². The van der Waals surface area contributed by atoms with Gasteiger partial charge in [-0.2, -0.15) is 0 Å². The Kier molecular flexibility index (Phi) is 7.45. The third-order valence-corrected chi connectivity index (χ3v) is 6.57. The number of hydrogen-bond acceptors (Lipinski definition) is 3. The standard InChI is InChI=1S/C20H33ClO3/c1-22-12-16-13-23-20(24-14-16)19-8-6-18(7-9-19)17-4-2-15(3-5-17)10-11-21/h10-11,15-20H,2-9,12-14H2,1H3/b11-10+. The summed E-state index contributed by atoms with van der Waals surface area (Å²) in [6.07, 6.45) is 12.9. The van der Waals surface area contributed by atoms with Crippen molar-refractivity contribution >= 4 is 11.6 Å². The molecule has 0 unspecified atom stereocenters. The number of methoxy groups -OCH3 is 1. The molecule has 0 aromatic heterocycles. The van der Waals surface area contributed by atoms with E-state index in [0.29, 0.717) is 11.8 Å². The monoisotopic (exact) mass is 356 g/mol. The van der Waals surface area contributed by atoms with Gasteiger partial charge in [-0.15, -0.1) is 0 Å². The van der Waals surface area contributed by atoms with E-state index >= 15 is 0 Å². The van der Waals surface area contributed by atoms with E-state index in [4.69, 9.17) is 25.8 Å². The molecule has 2 saturated carbocycles. The van der Waals surface area contributed by atoms with Gasteiger partial charge >= 0.3 is 0 Å². The lowest BCUT2D eigenvalue weighted by Gasteiger charge is -2.40. The van der Waals surface area contributed by atoms with E-state index in [1.807, 2.05) is 0 Å². The van der Waals surface area contributed by atoms with Gasteiger partial charge in [0.15, 0.2) is 6.29 Å². The predicted molar refractivity (Wildman–Crippen MR) is 96.9 cm³/mol. The third kappa shape index (κ3) is 4.97. The summed E-state index contributed by atoms with van der Waals surface area (Å²) < 4.78 is 17.2. The summed E-state index contributed by atoms with van der Waals surface area (Å²) in [5.41, 5.74) is 1.71. The molecule has 3 nitrogen and oxygen atoms in total. The molecule has 0 bridgehead atoms. The van der Waals surface area contributed by atoms with Crippen molar-refractivity contribution < 1.29 is 14.2 Å². The first-order valence-corrected chi connectivity index (χ1v) is 10.2. The summed E-state index contributed by atoms with van der Waals surface area (Å²) in [6.45, 7) is 2.31. The van der Waals surface area contributed by atoms with E-state index in [1.165, 1.54) is 51.4 Å². The molecule has 2 aliphatic carbocycles. The Balaban J connectivity index is 1.37. The maximum absolute atomic E-state index is 5.98. The molecule has 3 aliphatic rings. The predicted octanol–water partition coefficient (Wildman–Crippen LogP) is 4.99. The Morgan fingerprint density at radius 3 is 1.96 bits per heavy atom. The van der Waals surface area contributed by atoms with Crippen LogP contribution in [0.5, 0.6) is 0 Å². The van der Waals surface area contributed by atoms with Gasteiger partial charge in [-0.3, -0.25) is 0 Å². The Bertz CT molecular complexity index is 376. The molecule has 0 atom stereocenters. The number of hydrogen-bond donors (Lipinski definition) is 0. The van der Waals surface area contributed by atoms with Crippen LogP contribution in [-0.4, -0.2) is 33.2 Å². The normalized spacial score (nSPS) is 41.6. The molecule has 1 aliphatic heterocycles. The van der Waals surface area contributed by atoms with E-state index in [0.717, 1.165) is 37.6 Å². The first kappa shape index (κ1) is 18.7. The molecule has 3 rings (SSSR count). The maximum atomic E-state index is 5.98. The summed E-state index contributed by atoms with van der Waals surface area (Å²) in [6, 6.07) is 0. The zero-order valence-electron chi connectivity index (χ0n) is 15.0. The minimum Gasteiger partial charge on any atom is -0.384 e. The molecule has 3 fully saturated rings. The quantitative estimate of drug-likeness (QED) is 0.694. The van der Waals surface area contributed by atoms with Crippen LogP contribution in [0.4, 0.5) is 0 Å². The maximum Gasteiger partial charge on any atom is 0.160 e. The summed E-state index contributed by atoms with van der Waals surface area (Å²) in [7, 11) is 1.74. The molecule has 0 N–H and O–H groups in total. The van der Waals surface area contributed by atoms with Crippen molar-refractivity contribution in [1.82, 2.24) is 0 Å². The highest BCUT2D eigenvalue weighted by Gasteiger charge is 2.35. The van der Waals surface area contributed by atoms with Crippen LogP contribution in [0.2, 0.25) is 0 Å². The number of allylic oxidation sites excluding steroid dienone is 1. The fourth-order valence-electron chi connectivity index (χ4n) is 4.96. The van der Waals surface area contributed by atoms with Gasteiger partial charge in [-0.25, -0.2) is 0 Å². The summed E-state index contributed by atoms with van der Waals surface area (Å²) in [4.78, 5) is 0. The van der Waals surface area contributed by atoms with E-state index in [1.54, 1.807) is 12.6 Å². The molecule has 0 amide bonds. The molecule has 1 saturated heterocycles. The van der Waals surface area contributed by atoms with E-state index in [9.17, 15) is 0 Å². The smallest absolute Gasteiger partial charge is 0.160 e. The SMILES string of the molecule is COCC1COC(C2CCC(C3CCC(/C=C/Cl)CC3)CC2)OC1. The summed E-state index contributed by atoms with van der Waals surface area (Å²) >= 11 is 5.73. The van der Waals surface area contributed by atoms with Gasteiger partial charge in [-0.1, -0.05) is 17.7 Å². The van der Waals surface area contributed by atoms with Crippen LogP contribution < -0.4 is 0 Å². The Labute approximate surface area is 152 Å². The molecule has 0 aromatic carbocycles. The van der Waals surface area contributed by atoms with Crippen molar-refractivity contribution in [3.8, 4) is 0 Å². The zero-order valence-corrected chi connectivity index (χ0v) is 15.8. The van der Waals surface area contributed by atoms with Crippen molar-refractivity contribution in [1.29, 1.82) is 0 Å². The first-order valence-electron chi connectivity index (χ1n) is 9.79. The molecule has 4 heteroatoms. The minimum absolute atomic E-state index is 0.0312. The fourth-order valence-corrected chi connectivity index (χ4v) is 5.17. The van der Waals surface area contributed by atoms with Crippen LogP contribution in [0.15, 0.2) is 11.6 Å². The molecule has 138 valence electrons. The van der Waals surface area contributed by atoms with Crippen LogP contribution in [0.3, 0.4) is 0 Å². The van der Waals surface area contributed by atoms with Gasteiger partial charge in [0.25, 0.3) is 0 Å². The van der Waals surface area contributed by atoms with Crippen molar-refractivity contribution in [3.05, 3.63) is 11.6 Å². The van der Waals surface area contributed by atoms with Crippen LogP contribution in [0.25, 0.3) is 0 Å². The molecule has 24 heavy (non-hydrogen) atoms. The van der Waals surface area contributed by atoms with E-state index < -0.39 is 0 Å². The largest absolute Gasteiger partial charge is 0.384 e. The van der Waals surface area contributed by atoms with Gasteiger partial charge in [0.2, 0.25) is 0 Å². The van der Waals surface area contributed by atoms with E-state index in [2.05, 4.69) is 6.08 Å². The zero-order chi connectivity index (χ0) is 16.8. The van der Waals surface area contributed by atoms with Crippen LogP contribution in [-0.2, 0) is 14.2 Å². The summed E-state index contributed by atoms with van der Waals surface area (Å²) in [5.74, 6) is 3.58. The van der Waals surface area contributed by atoms with Crippen molar-refractivity contribution in [3.63, 3.8) is 0 Å². The first-order chi connectivity index (χ1) is 11.8. The molecule has 0 spiro atoms. The molecule has 0 aromatic rings. The average Bonchev–Trinajstić information content (AvgIpc) is 2.64. The highest BCUT2D eigenvalue weighted by Crippen LogP contribution is 2.43. The summed E-state index contributed by atoms with van der Waals surface area (Å²) in [5, 5.41) is 0. The number of rotatable bonds is 5.